The molecule has 8 N–H and O–H groups in total. The predicted octanol–water partition coefficient (Wildman–Crippen LogP) is -1.53. The molecule has 0 aliphatic carbocycles. The SMILES string of the molecule is CS(=O)(=O)c1ccc(NC(=O)[C@H]2O[C@@H](NC(=S)Nc3ccc(S(N)(=O)=O)cc3)[C@H](O)[C@@H](O)[C@@H]2O)cc1. The van der Waals surface area contributed by atoms with Crippen LogP contribution in [0.3, 0.4) is 0 Å². The number of amides is 1. The first-order valence-electron chi connectivity index (χ1n) is 10.2. The Bertz CT molecular complexity index is 1330. The van der Waals surface area contributed by atoms with Crippen LogP contribution in [-0.2, 0) is 29.4 Å². The van der Waals surface area contributed by atoms with Gasteiger partial charge in [-0.2, -0.15) is 0 Å². The first-order chi connectivity index (χ1) is 16.7. The van der Waals surface area contributed by atoms with Gasteiger partial charge in [-0.25, -0.2) is 22.0 Å². The van der Waals surface area contributed by atoms with E-state index in [0.29, 0.717) is 5.69 Å². The summed E-state index contributed by atoms with van der Waals surface area (Å²) in [5, 5.41) is 43.5. The number of carbonyl (C=O) groups is 1. The highest BCUT2D eigenvalue weighted by molar-refractivity contribution is 7.90. The zero-order valence-corrected chi connectivity index (χ0v) is 21.0. The number of ether oxygens (including phenoxy) is 1. The van der Waals surface area contributed by atoms with Gasteiger partial charge in [-0.3, -0.25) is 4.79 Å². The van der Waals surface area contributed by atoms with E-state index in [9.17, 15) is 36.9 Å². The number of nitrogens with two attached hydrogens (primary N) is 1. The van der Waals surface area contributed by atoms with Crippen molar-refractivity contribution in [1.29, 1.82) is 0 Å². The van der Waals surface area contributed by atoms with Crippen LogP contribution in [0.4, 0.5) is 11.4 Å². The highest BCUT2D eigenvalue weighted by Gasteiger charge is 2.47. The van der Waals surface area contributed by atoms with Gasteiger partial charge in [0, 0.05) is 17.6 Å². The van der Waals surface area contributed by atoms with E-state index in [-0.39, 0.29) is 20.6 Å². The van der Waals surface area contributed by atoms with Gasteiger partial charge in [-0.15, -0.1) is 0 Å². The quantitative estimate of drug-likeness (QED) is 0.200. The number of benzene rings is 2. The third-order valence-electron chi connectivity index (χ3n) is 5.14. The molecule has 16 heteroatoms. The number of thiocarbonyl (C=S) groups is 1. The van der Waals surface area contributed by atoms with Crippen molar-refractivity contribution in [3.8, 4) is 0 Å². The normalized spacial score (nSPS) is 24.5. The first-order valence-corrected chi connectivity index (χ1v) is 14.0. The van der Waals surface area contributed by atoms with Gasteiger partial charge in [0.2, 0.25) is 10.0 Å². The fraction of sp³-hybridized carbons (Fsp3) is 0.300. The van der Waals surface area contributed by atoms with Gasteiger partial charge in [0.1, 0.15) is 18.3 Å². The molecule has 1 aliphatic rings. The summed E-state index contributed by atoms with van der Waals surface area (Å²) < 4.78 is 51.3. The van der Waals surface area contributed by atoms with Crippen LogP contribution in [0.15, 0.2) is 58.3 Å². The van der Waals surface area contributed by atoms with E-state index in [0.717, 1.165) is 6.26 Å². The lowest BCUT2D eigenvalue weighted by Gasteiger charge is -2.40. The summed E-state index contributed by atoms with van der Waals surface area (Å²) in [6, 6.07) is 10.5. The number of nitrogens with one attached hydrogen (secondary N) is 3. The van der Waals surface area contributed by atoms with Gasteiger partial charge < -0.3 is 36.0 Å². The largest absolute Gasteiger partial charge is 0.387 e. The topological polar surface area (TPSA) is 217 Å². The third kappa shape index (κ3) is 6.74. The second kappa shape index (κ2) is 10.7. The van der Waals surface area contributed by atoms with Crippen LogP contribution in [-0.4, -0.2) is 80.1 Å². The Morgan fingerprint density at radius 2 is 1.36 bits per heavy atom. The van der Waals surface area contributed by atoms with Crippen molar-refractivity contribution in [1.82, 2.24) is 5.32 Å². The Hall–Kier alpha value is -2.70. The Kier molecular flexibility index (Phi) is 8.31. The standard InChI is InChI=1S/C20H24N4O9S3/c1-35(29,30)12-6-2-10(3-7-12)22-18(28)17-15(26)14(25)16(27)19(33-17)24-20(34)23-11-4-8-13(9-5-11)36(21,31)32/h2-9,14-17,19,25-27H,1H3,(H,22,28)(H2,21,31,32)(H2,23,24,34)/t14-,15-,16+,17-,19+/m0/s1. The van der Waals surface area contributed by atoms with Crippen LogP contribution in [0, 0.1) is 0 Å². The molecule has 0 radical (unpaired) electrons. The third-order valence-corrected chi connectivity index (χ3v) is 7.41. The van der Waals surface area contributed by atoms with E-state index in [1.807, 2.05) is 0 Å². The molecule has 0 spiro atoms. The molecule has 2 aromatic rings. The summed E-state index contributed by atoms with van der Waals surface area (Å²) in [7, 11) is -7.32. The number of aliphatic hydroxyl groups excluding tert-OH is 3. The van der Waals surface area contributed by atoms with Crippen LogP contribution in [0.5, 0.6) is 0 Å². The van der Waals surface area contributed by atoms with Crippen molar-refractivity contribution < 1.29 is 41.7 Å². The zero-order chi connectivity index (χ0) is 26.8. The van der Waals surface area contributed by atoms with Crippen LogP contribution in [0.2, 0.25) is 0 Å². The second-order valence-electron chi connectivity index (χ2n) is 7.90. The number of sulfonamides is 1. The Labute approximate surface area is 212 Å². The molecule has 1 amide bonds. The average Bonchev–Trinajstić information content (AvgIpc) is 2.79. The molecule has 13 nitrogen and oxygen atoms in total. The van der Waals surface area contributed by atoms with Gasteiger partial charge in [0.05, 0.1) is 9.79 Å². The van der Waals surface area contributed by atoms with Crippen molar-refractivity contribution in [3.05, 3.63) is 48.5 Å². The lowest BCUT2D eigenvalue weighted by Crippen LogP contribution is -2.65. The van der Waals surface area contributed by atoms with Gasteiger partial charge in [0.25, 0.3) is 5.91 Å². The van der Waals surface area contributed by atoms with Gasteiger partial charge in [-0.1, -0.05) is 0 Å². The summed E-state index contributed by atoms with van der Waals surface area (Å²) in [6.45, 7) is 0. The second-order valence-corrected chi connectivity index (χ2v) is 11.9. The zero-order valence-electron chi connectivity index (χ0n) is 18.6. The molecule has 0 aromatic heterocycles. The lowest BCUT2D eigenvalue weighted by atomic mass is 9.97. The van der Waals surface area contributed by atoms with E-state index in [2.05, 4.69) is 16.0 Å². The molecule has 3 rings (SSSR count). The maximum Gasteiger partial charge on any atom is 0.256 e. The van der Waals surface area contributed by atoms with Crippen LogP contribution in [0.1, 0.15) is 0 Å². The highest BCUT2D eigenvalue weighted by atomic mass is 32.2. The van der Waals surface area contributed by atoms with Crippen molar-refractivity contribution >= 4 is 54.5 Å². The van der Waals surface area contributed by atoms with E-state index in [1.165, 1.54) is 48.5 Å². The Morgan fingerprint density at radius 3 is 1.86 bits per heavy atom. The number of aliphatic hydroxyl groups is 3. The molecular weight excluding hydrogens is 536 g/mol. The Morgan fingerprint density at radius 1 is 0.861 bits per heavy atom. The predicted molar refractivity (Wildman–Crippen MR) is 132 cm³/mol. The number of hydrogen-bond acceptors (Lipinski definition) is 10. The monoisotopic (exact) mass is 560 g/mol. The molecule has 1 aliphatic heterocycles. The minimum atomic E-state index is -3.88. The minimum Gasteiger partial charge on any atom is -0.387 e. The number of sulfone groups is 1. The molecule has 1 saturated heterocycles. The molecule has 1 heterocycles. The maximum absolute atomic E-state index is 12.7. The number of hydrogen-bond donors (Lipinski definition) is 7. The Balaban J connectivity index is 1.66. The number of primary sulfonamides is 1. The molecular formula is C20H24N4O9S3. The van der Waals surface area contributed by atoms with E-state index >= 15 is 0 Å². The lowest BCUT2D eigenvalue weighted by molar-refractivity contribution is -0.221. The van der Waals surface area contributed by atoms with Crippen LogP contribution >= 0.6 is 12.2 Å². The fourth-order valence-corrected chi connectivity index (χ4v) is 4.62. The molecule has 5 atom stereocenters. The summed E-state index contributed by atoms with van der Waals surface area (Å²) in [5.41, 5.74) is 0.561. The minimum absolute atomic E-state index is 0.0394. The number of anilines is 2. The van der Waals surface area contributed by atoms with Crippen LogP contribution in [0.25, 0.3) is 0 Å². The van der Waals surface area contributed by atoms with E-state index < -0.39 is 56.4 Å². The summed E-state index contributed by atoms with van der Waals surface area (Å²) in [5.74, 6) is -0.871. The van der Waals surface area contributed by atoms with Crippen molar-refractivity contribution in [2.75, 3.05) is 16.9 Å². The number of carbonyl (C=O) groups excluding carboxylic acids is 1. The van der Waals surface area contributed by atoms with Crippen molar-refractivity contribution in [3.63, 3.8) is 0 Å². The molecule has 0 saturated carbocycles. The highest BCUT2D eigenvalue weighted by Crippen LogP contribution is 2.22. The first kappa shape index (κ1) is 27.9. The van der Waals surface area contributed by atoms with Crippen molar-refractivity contribution in [2.24, 2.45) is 5.14 Å². The summed E-state index contributed by atoms with van der Waals surface area (Å²) >= 11 is 5.15. The summed E-state index contributed by atoms with van der Waals surface area (Å²) in [4.78, 5) is 12.6. The van der Waals surface area contributed by atoms with Gasteiger partial charge in [0.15, 0.2) is 27.3 Å². The molecule has 1 fully saturated rings. The van der Waals surface area contributed by atoms with Gasteiger partial charge in [-0.05, 0) is 60.7 Å². The molecule has 0 unspecified atom stereocenters. The molecule has 0 bridgehead atoms. The van der Waals surface area contributed by atoms with E-state index in [4.69, 9.17) is 22.1 Å². The summed E-state index contributed by atoms with van der Waals surface area (Å²) in [6.07, 6.45) is -7.27. The van der Waals surface area contributed by atoms with E-state index in [1.54, 1.807) is 0 Å². The fourth-order valence-electron chi connectivity index (χ4n) is 3.24. The number of rotatable bonds is 6. The maximum atomic E-state index is 12.7. The molecule has 36 heavy (non-hydrogen) atoms. The average molecular weight is 561 g/mol. The molecule has 196 valence electrons. The van der Waals surface area contributed by atoms with Gasteiger partial charge >= 0.3 is 0 Å². The van der Waals surface area contributed by atoms with Crippen LogP contribution < -0.4 is 21.1 Å². The van der Waals surface area contributed by atoms with Crippen molar-refractivity contribution in [2.45, 2.75) is 40.4 Å². The smallest absolute Gasteiger partial charge is 0.256 e. The molecule has 2 aromatic carbocycles.